The van der Waals surface area contributed by atoms with Crippen LogP contribution in [0, 0.1) is 5.41 Å². The second-order valence-electron chi connectivity index (χ2n) is 6.56. The van der Waals surface area contributed by atoms with E-state index >= 15 is 0 Å². The van der Waals surface area contributed by atoms with Gasteiger partial charge in [-0.3, -0.25) is 4.79 Å². The molecule has 0 saturated carbocycles. The van der Waals surface area contributed by atoms with Gasteiger partial charge in [0, 0.05) is 18.4 Å². The maximum Gasteiger partial charge on any atom is 0.229 e. The average Bonchev–Trinajstić information content (AvgIpc) is 3.18. The van der Waals surface area contributed by atoms with Crippen LogP contribution in [0.25, 0.3) is 0 Å². The molecule has 3 heterocycles. The molecule has 116 valence electrons. The van der Waals surface area contributed by atoms with E-state index in [1.54, 1.807) is 0 Å². The molecule has 0 bridgehead atoms. The number of hydrogen-bond donors (Lipinski definition) is 2. The van der Waals surface area contributed by atoms with Gasteiger partial charge in [-0.2, -0.15) is 0 Å². The molecule has 4 heteroatoms. The van der Waals surface area contributed by atoms with E-state index in [0.717, 1.165) is 58.2 Å². The van der Waals surface area contributed by atoms with Crippen molar-refractivity contribution < 1.29 is 4.79 Å². The Balaban J connectivity index is 1.81. The number of H-pyrrole nitrogens is 1. The molecular weight excluding hydrogens is 262 g/mol. The Hall–Kier alpha value is -1.29. The summed E-state index contributed by atoms with van der Waals surface area (Å²) in [6, 6.07) is 4.41. The second-order valence-corrected chi connectivity index (χ2v) is 6.56. The summed E-state index contributed by atoms with van der Waals surface area (Å²) in [6.07, 6.45) is 8.28. The minimum Gasteiger partial charge on any atom is -0.363 e. The van der Waals surface area contributed by atoms with E-state index in [1.807, 2.05) is 12.3 Å². The summed E-state index contributed by atoms with van der Waals surface area (Å²) in [7, 11) is 0. The number of carbonyl (C=O) groups excluding carboxylic acids is 1. The van der Waals surface area contributed by atoms with Gasteiger partial charge in [-0.1, -0.05) is 13.3 Å². The highest BCUT2D eigenvalue weighted by Crippen LogP contribution is 2.41. The first-order valence-corrected chi connectivity index (χ1v) is 8.42. The average molecular weight is 289 g/mol. The number of aromatic nitrogens is 1. The highest BCUT2D eigenvalue weighted by molar-refractivity contribution is 5.83. The second kappa shape index (κ2) is 6.22. The van der Waals surface area contributed by atoms with Gasteiger partial charge in [0.25, 0.3) is 0 Å². The number of rotatable bonds is 4. The van der Waals surface area contributed by atoms with Crippen molar-refractivity contribution in [1.29, 1.82) is 0 Å². The fourth-order valence-electron chi connectivity index (χ4n) is 4.14. The van der Waals surface area contributed by atoms with Gasteiger partial charge in [-0.25, -0.2) is 0 Å². The number of likely N-dealkylation sites (tertiary alicyclic amines) is 1. The molecule has 2 aliphatic heterocycles. The lowest BCUT2D eigenvalue weighted by Gasteiger charge is -2.40. The monoisotopic (exact) mass is 289 g/mol. The van der Waals surface area contributed by atoms with Gasteiger partial charge in [0.2, 0.25) is 5.91 Å². The molecule has 0 aromatic carbocycles. The number of aromatic amines is 1. The van der Waals surface area contributed by atoms with Crippen molar-refractivity contribution >= 4 is 5.91 Å². The van der Waals surface area contributed by atoms with Crippen LogP contribution in [0.2, 0.25) is 0 Å². The lowest BCUT2D eigenvalue weighted by Crippen LogP contribution is -2.49. The van der Waals surface area contributed by atoms with Gasteiger partial charge in [-0.15, -0.1) is 0 Å². The molecule has 21 heavy (non-hydrogen) atoms. The van der Waals surface area contributed by atoms with Gasteiger partial charge in [0.1, 0.15) is 0 Å². The predicted octanol–water partition coefficient (Wildman–Crippen LogP) is 2.85. The Bertz CT molecular complexity index is 457. The summed E-state index contributed by atoms with van der Waals surface area (Å²) < 4.78 is 0. The highest BCUT2D eigenvalue weighted by Gasteiger charge is 2.44. The molecule has 0 radical (unpaired) electrons. The molecule has 1 amide bonds. The van der Waals surface area contributed by atoms with Crippen LogP contribution < -0.4 is 5.32 Å². The molecule has 3 rings (SSSR count). The molecule has 1 aromatic rings. The van der Waals surface area contributed by atoms with Gasteiger partial charge in [-0.05, 0) is 57.3 Å². The Morgan fingerprint density at radius 1 is 1.43 bits per heavy atom. The first-order chi connectivity index (χ1) is 10.3. The van der Waals surface area contributed by atoms with Crippen molar-refractivity contribution in [2.75, 3.05) is 19.6 Å². The molecule has 2 N–H and O–H groups in total. The van der Waals surface area contributed by atoms with Gasteiger partial charge in [0.15, 0.2) is 0 Å². The maximum atomic E-state index is 13.3. The largest absolute Gasteiger partial charge is 0.363 e. The number of hydrogen-bond acceptors (Lipinski definition) is 2. The van der Waals surface area contributed by atoms with E-state index in [4.69, 9.17) is 0 Å². The Labute approximate surface area is 127 Å². The van der Waals surface area contributed by atoms with Crippen LogP contribution in [0.5, 0.6) is 0 Å². The van der Waals surface area contributed by atoms with Crippen molar-refractivity contribution in [3.8, 4) is 0 Å². The van der Waals surface area contributed by atoms with Crippen molar-refractivity contribution in [1.82, 2.24) is 15.2 Å². The molecule has 1 aromatic heterocycles. The topological polar surface area (TPSA) is 48.1 Å². The van der Waals surface area contributed by atoms with Crippen molar-refractivity contribution in [2.24, 2.45) is 5.41 Å². The standard InChI is InChI=1S/C17H27N3O/c1-2-7-17(8-11-18-12-9-17)16(21)20-13-4-6-15(20)14-5-3-10-19-14/h3,5,10,15,18-19H,2,4,6-9,11-13H2,1H3. The van der Waals surface area contributed by atoms with E-state index in [0.29, 0.717) is 5.91 Å². The Morgan fingerprint density at radius 2 is 2.24 bits per heavy atom. The van der Waals surface area contributed by atoms with Crippen LogP contribution in [-0.2, 0) is 4.79 Å². The van der Waals surface area contributed by atoms with E-state index in [9.17, 15) is 4.79 Å². The van der Waals surface area contributed by atoms with E-state index < -0.39 is 0 Å². The molecule has 2 aliphatic rings. The molecular formula is C17H27N3O. The third kappa shape index (κ3) is 2.73. The third-order valence-corrected chi connectivity index (χ3v) is 5.24. The summed E-state index contributed by atoms with van der Waals surface area (Å²) in [5, 5.41) is 3.41. The molecule has 1 unspecified atom stereocenters. The van der Waals surface area contributed by atoms with E-state index in [-0.39, 0.29) is 11.5 Å². The summed E-state index contributed by atoms with van der Waals surface area (Å²) in [6.45, 7) is 5.07. The quantitative estimate of drug-likeness (QED) is 0.895. The van der Waals surface area contributed by atoms with Crippen LogP contribution >= 0.6 is 0 Å². The number of nitrogens with zero attached hydrogens (tertiary/aromatic N) is 1. The summed E-state index contributed by atoms with van der Waals surface area (Å²) in [4.78, 5) is 18.8. The van der Waals surface area contributed by atoms with Crippen LogP contribution in [0.15, 0.2) is 18.3 Å². The Morgan fingerprint density at radius 3 is 2.90 bits per heavy atom. The summed E-state index contributed by atoms with van der Waals surface area (Å²) in [5.74, 6) is 0.406. The van der Waals surface area contributed by atoms with Crippen molar-refractivity contribution in [3.63, 3.8) is 0 Å². The zero-order chi connectivity index (χ0) is 14.7. The zero-order valence-electron chi connectivity index (χ0n) is 13.0. The summed E-state index contributed by atoms with van der Waals surface area (Å²) >= 11 is 0. The Kier molecular flexibility index (Phi) is 4.34. The lowest BCUT2D eigenvalue weighted by molar-refractivity contribution is -0.145. The van der Waals surface area contributed by atoms with Crippen LogP contribution in [-0.4, -0.2) is 35.4 Å². The predicted molar refractivity (Wildman–Crippen MR) is 83.9 cm³/mol. The number of carbonyl (C=O) groups is 1. The fourth-order valence-corrected chi connectivity index (χ4v) is 4.14. The fraction of sp³-hybridized carbons (Fsp3) is 0.706. The van der Waals surface area contributed by atoms with Gasteiger partial charge >= 0.3 is 0 Å². The molecule has 0 spiro atoms. The highest BCUT2D eigenvalue weighted by atomic mass is 16.2. The SMILES string of the molecule is CCCC1(C(=O)N2CCCC2c2ccc[nH]2)CCNCC1. The minimum absolute atomic E-state index is 0.116. The molecule has 0 aliphatic carbocycles. The maximum absolute atomic E-state index is 13.3. The molecule has 2 fully saturated rings. The summed E-state index contributed by atoms with van der Waals surface area (Å²) in [5.41, 5.74) is 1.08. The van der Waals surface area contributed by atoms with Crippen LogP contribution in [0.4, 0.5) is 0 Å². The smallest absolute Gasteiger partial charge is 0.229 e. The first-order valence-electron chi connectivity index (χ1n) is 8.42. The lowest BCUT2D eigenvalue weighted by atomic mass is 9.74. The first kappa shape index (κ1) is 14.6. The van der Waals surface area contributed by atoms with Gasteiger partial charge in [0.05, 0.1) is 11.5 Å². The third-order valence-electron chi connectivity index (χ3n) is 5.24. The molecule has 4 nitrogen and oxygen atoms in total. The van der Waals surface area contributed by atoms with Crippen LogP contribution in [0.1, 0.15) is 57.2 Å². The van der Waals surface area contributed by atoms with Crippen molar-refractivity contribution in [3.05, 3.63) is 24.0 Å². The number of piperidine rings is 1. The number of amides is 1. The van der Waals surface area contributed by atoms with E-state index in [2.05, 4.69) is 28.2 Å². The molecule has 2 saturated heterocycles. The van der Waals surface area contributed by atoms with E-state index in [1.165, 1.54) is 5.69 Å². The normalized spacial score (nSPS) is 25.2. The molecule has 1 atom stereocenters. The van der Waals surface area contributed by atoms with Crippen LogP contribution in [0.3, 0.4) is 0 Å². The number of nitrogens with one attached hydrogen (secondary N) is 2. The zero-order valence-corrected chi connectivity index (χ0v) is 13.0. The van der Waals surface area contributed by atoms with Crippen molar-refractivity contribution in [2.45, 2.75) is 51.5 Å². The minimum atomic E-state index is -0.116. The van der Waals surface area contributed by atoms with Gasteiger partial charge < -0.3 is 15.2 Å².